The molecule has 0 saturated carbocycles. The number of carbonyl (C=O) groups excluding carboxylic acids is 1. The molecule has 2 N–H and O–H groups in total. The summed E-state index contributed by atoms with van der Waals surface area (Å²) in [7, 11) is 0. The van der Waals surface area contributed by atoms with Crippen LogP contribution in [0.2, 0.25) is 0 Å². The van der Waals surface area contributed by atoms with Crippen molar-refractivity contribution in [2.24, 2.45) is 23.5 Å². The van der Waals surface area contributed by atoms with Crippen molar-refractivity contribution in [3.63, 3.8) is 0 Å². The minimum absolute atomic E-state index is 0.0139. The van der Waals surface area contributed by atoms with E-state index in [0.29, 0.717) is 11.8 Å². The summed E-state index contributed by atoms with van der Waals surface area (Å²) in [6, 6.07) is 0. The van der Waals surface area contributed by atoms with Crippen molar-refractivity contribution >= 4 is 5.91 Å². The molecule has 2 heteroatoms. The SMILES string of the molecule is CCC(C(C)C)C(C)C(N)=O. The lowest BCUT2D eigenvalue weighted by Gasteiger charge is -2.23. The van der Waals surface area contributed by atoms with Crippen LogP contribution in [0.1, 0.15) is 34.1 Å². The Bertz CT molecular complexity index is 132. The van der Waals surface area contributed by atoms with E-state index < -0.39 is 0 Å². The van der Waals surface area contributed by atoms with E-state index in [1.807, 2.05) is 6.92 Å². The number of hydrogen-bond donors (Lipinski definition) is 1. The van der Waals surface area contributed by atoms with E-state index in [2.05, 4.69) is 20.8 Å². The maximum absolute atomic E-state index is 10.8. The highest BCUT2D eigenvalue weighted by Gasteiger charge is 2.22. The Labute approximate surface area is 69.2 Å². The van der Waals surface area contributed by atoms with Crippen LogP contribution in [0.3, 0.4) is 0 Å². The maximum atomic E-state index is 10.8. The first kappa shape index (κ1) is 10.5. The van der Waals surface area contributed by atoms with Crippen molar-refractivity contribution in [2.75, 3.05) is 0 Å². The van der Waals surface area contributed by atoms with Crippen molar-refractivity contribution in [3.8, 4) is 0 Å². The monoisotopic (exact) mass is 157 g/mol. The molecule has 1 amide bonds. The first-order valence-electron chi connectivity index (χ1n) is 4.30. The van der Waals surface area contributed by atoms with E-state index in [9.17, 15) is 4.79 Å². The molecule has 0 saturated heterocycles. The molecule has 0 bridgehead atoms. The minimum atomic E-state index is -0.175. The van der Waals surface area contributed by atoms with E-state index in [1.165, 1.54) is 0 Å². The third kappa shape index (κ3) is 2.91. The predicted molar refractivity (Wildman–Crippen MR) is 47.0 cm³/mol. The molecule has 0 aromatic rings. The third-order valence-electron chi connectivity index (χ3n) is 2.42. The number of carbonyl (C=O) groups is 1. The fourth-order valence-electron chi connectivity index (χ4n) is 1.61. The van der Waals surface area contributed by atoms with Gasteiger partial charge in [0.25, 0.3) is 0 Å². The van der Waals surface area contributed by atoms with Crippen LogP contribution >= 0.6 is 0 Å². The molecule has 0 aliphatic rings. The van der Waals surface area contributed by atoms with Gasteiger partial charge in [0.2, 0.25) is 5.91 Å². The Kier molecular flexibility index (Phi) is 4.16. The highest BCUT2D eigenvalue weighted by molar-refractivity contribution is 5.76. The summed E-state index contributed by atoms with van der Waals surface area (Å²) in [5, 5.41) is 0. The molecule has 66 valence electrons. The average Bonchev–Trinajstić information content (AvgIpc) is 1.88. The van der Waals surface area contributed by atoms with E-state index in [1.54, 1.807) is 0 Å². The molecule has 0 spiro atoms. The molecule has 0 heterocycles. The molecule has 0 fully saturated rings. The Morgan fingerprint density at radius 3 is 1.91 bits per heavy atom. The van der Waals surface area contributed by atoms with Gasteiger partial charge in [-0.15, -0.1) is 0 Å². The van der Waals surface area contributed by atoms with Gasteiger partial charge in [0.15, 0.2) is 0 Å². The zero-order valence-electron chi connectivity index (χ0n) is 7.92. The Morgan fingerprint density at radius 2 is 1.82 bits per heavy atom. The highest BCUT2D eigenvalue weighted by Crippen LogP contribution is 2.23. The number of primary amides is 1. The van der Waals surface area contributed by atoms with Gasteiger partial charge in [0, 0.05) is 5.92 Å². The summed E-state index contributed by atoms with van der Waals surface area (Å²) >= 11 is 0. The van der Waals surface area contributed by atoms with Crippen LogP contribution in [0.25, 0.3) is 0 Å². The molecule has 0 aliphatic heterocycles. The molecule has 0 radical (unpaired) electrons. The molecule has 0 aromatic carbocycles. The second kappa shape index (κ2) is 4.37. The van der Waals surface area contributed by atoms with E-state index >= 15 is 0 Å². The first-order valence-corrected chi connectivity index (χ1v) is 4.30. The van der Waals surface area contributed by atoms with Crippen molar-refractivity contribution in [1.82, 2.24) is 0 Å². The Hall–Kier alpha value is -0.530. The standard InChI is InChI=1S/C9H19NO/c1-5-8(6(2)3)7(4)9(10)11/h6-8H,5H2,1-4H3,(H2,10,11). The van der Waals surface area contributed by atoms with Crippen LogP contribution < -0.4 is 5.73 Å². The van der Waals surface area contributed by atoms with Crippen LogP contribution in [0.5, 0.6) is 0 Å². The molecular weight excluding hydrogens is 138 g/mol. The number of nitrogens with two attached hydrogens (primary N) is 1. The zero-order valence-corrected chi connectivity index (χ0v) is 7.92. The lowest BCUT2D eigenvalue weighted by atomic mass is 9.82. The highest BCUT2D eigenvalue weighted by atomic mass is 16.1. The van der Waals surface area contributed by atoms with Gasteiger partial charge < -0.3 is 5.73 Å². The first-order chi connectivity index (χ1) is 5.00. The van der Waals surface area contributed by atoms with E-state index in [4.69, 9.17) is 5.73 Å². The zero-order chi connectivity index (χ0) is 9.02. The van der Waals surface area contributed by atoms with E-state index in [0.717, 1.165) is 6.42 Å². The molecule has 0 aromatic heterocycles. The summed E-state index contributed by atoms with van der Waals surface area (Å²) in [6.07, 6.45) is 1.03. The van der Waals surface area contributed by atoms with Crippen LogP contribution in [-0.2, 0) is 4.79 Å². The van der Waals surface area contributed by atoms with Gasteiger partial charge in [-0.3, -0.25) is 4.79 Å². The summed E-state index contributed by atoms with van der Waals surface area (Å²) in [4.78, 5) is 10.8. The quantitative estimate of drug-likeness (QED) is 0.664. The largest absolute Gasteiger partial charge is 0.369 e. The molecule has 0 rings (SSSR count). The fourth-order valence-corrected chi connectivity index (χ4v) is 1.61. The second-order valence-electron chi connectivity index (χ2n) is 3.51. The smallest absolute Gasteiger partial charge is 0.220 e. The number of hydrogen-bond acceptors (Lipinski definition) is 1. The summed E-state index contributed by atoms with van der Waals surface area (Å²) in [5.74, 6) is 0.820. The van der Waals surface area contributed by atoms with Gasteiger partial charge in [-0.25, -0.2) is 0 Å². The number of amides is 1. The topological polar surface area (TPSA) is 43.1 Å². The van der Waals surface area contributed by atoms with Crippen molar-refractivity contribution in [1.29, 1.82) is 0 Å². The van der Waals surface area contributed by atoms with Crippen molar-refractivity contribution in [3.05, 3.63) is 0 Å². The van der Waals surface area contributed by atoms with Crippen molar-refractivity contribution in [2.45, 2.75) is 34.1 Å². The Morgan fingerprint density at radius 1 is 1.36 bits per heavy atom. The molecule has 2 atom stereocenters. The second-order valence-corrected chi connectivity index (χ2v) is 3.51. The summed E-state index contributed by atoms with van der Waals surface area (Å²) in [6.45, 7) is 8.28. The predicted octanol–water partition coefficient (Wildman–Crippen LogP) is 1.79. The van der Waals surface area contributed by atoms with Crippen molar-refractivity contribution < 1.29 is 4.79 Å². The maximum Gasteiger partial charge on any atom is 0.220 e. The Balaban J connectivity index is 4.13. The van der Waals surface area contributed by atoms with Crippen LogP contribution in [0.15, 0.2) is 0 Å². The normalized spacial score (nSPS) is 16.5. The van der Waals surface area contributed by atoms with Crippen LogP contribution in [0, 0.1) is 17.8 Å². The fraction of sp³-hybridized carbons (Fsp3) is 0.889. The van der Waals surface area contributed by atoms with Gasteiger partial charge >= 0.3 is 0 Å². The van der Waals surface area contributed by atoms with Crippen LogP contribution in [-0.4, -0.2) is 5.91 Å². The molecule has 0 aliphatic carbocycles. The molecule has 2 unspecified atom stereocenters. The number of rotatable bonds is 4. The average molecular weight is 157 g/mol. The minimum Gasteiger partial charge on any atom is -0.369 e. The molecule has 2 nitrogen and oxygen atoms in total. The third-order valence-corrected chi connectivity index (χ3v) is 2.42. The van der Waals surface area contributed by atoms with Gasteiger partial charge in [-0.05, 0) is 11.8 Å². The van der Waals surface area contributed by atoms with Gasteiger partial charge in [-0.2, -0.15) is 0 Å². The summed E-state index contributed by atoms with van der Waals surface area (Å²) < 4.78 is 0. The van der Waals surface area contributed by atoms with Gasteiger partial charge in [0.1, 0.15) is 0 Å². The lowest BCUT2D eigenvalue weighted by Crippen LogP contribution is -2.29. The molecular formula is C9H19NO. The van der Waals surface area contributed by atoms with Gasteiger partial charge in [0.05, 0.1) is 0 Å². The van der Waals surface area contributed by atoms with Crippen LogP contribution in [0.4, 0.5) is 0 Å². The molecule has 11 heavy (non-hydrogen) atoms. The van der Waals surface area contributed by atoms with Gasteiger partial charge in [-0.1, -0.05) is 34.1 Å². The summed E-state index contributed by atoms with van der Waals surface area (Å²) in [5.41, 5.74) is 5.21. The van der Waals surface area contributed by atoms with E-state index in [-0.39, 0.29) is 11.8 Å². The lowest BCUT2D eigenvalue weighted by molar-refractivity contribution is -0.123.